The highest BCUT2D eigenvalue weighted by Gasteiger charge is 2.31. The van der Waals surface area contributed by atoms with Crippen LogP contribution in [-0.2, 0) is 19.1 Å². The van der Waals surface area contributed by atoms with Crippen molar-refractivity contribution < 1.29 is 23.9 Å². The topological polar surface area (TPSA) is 84.9 Å². The Morgan fingerprint density at radius 2 is 1.78 bits per heavy atom. The lowest BCUT2D eigenvalue weighted by Gasteiger charge is -2.34. The fourth-order valence-corrected chi connectivity index (χ4v) is 3.65. The molecule has 0 bridgehead atoms. The number of carbonyl (C=O) groups is 3. The van der Waals surface area contributed by atoms with Gasteiger partial charge in [-0.3, -0.25) is 9.59 Å². The maximum absolute atomic E-state index is 12.6. The van der Waals surface area contributed by atoms with E-state index in [1.807, 2.05) is 4.90 Å². The van der Waals surface area contributed by atoms with Crippen molar-refractivity contribution in [3.63, 3.8) is 0 Å². The molecule has 0 aliphatic carbocycles. The summed E-state index contributed by atoms with van der Waals surface area (Å²) in [5, 5.41) is 2.87. The van der Waals surface area contributed by atoms with Crippen LogP contribution in [0.5, 0.6) is 0 Å². The van der Waals surface area contributed by atoms with E-state index in [0.29, 0.717) is 50.4 Å². The predicted octanol–water partition coefficient (Wildman–Crippen LogP) is 2.08. The van der Waals surface area contributed by atoms with E-state index in [2.05, 4.69) is 5.32 Å². The molecule has 146 valence electrons. The van der Waals surface area contributed by atoms with E-state index >= 15 is 0 Å². The number of esters is 1. The molecule has 2 aliphatic heterocycles. The largest absolute Gasteiger partial charge is 0.465 e. The number of carbonyl (C=O) groups excluding carboxylic acids is 3. The Bertz CT molecular complexity index is 691. The number of nitrogens with one attached hydrogen (secondary N) is 1. The first kappa shape index (κ1) is 19.4. The van der Waals surface area contributed by atoms with Crippen LogP contribution >= 0.6 is 0 Å². The number of amides is 2. The van der Waals surface area contributed by atoms with Crippen molar-refractivity contribution >= 4 is 23.5 Å². The molecule has 2 aliphatic rings. The van der Waals surface area contributed by atoms with E-state index in [0.717, 1.165) is 12.8 Å². The van der Waals surface area contributed by atoms with Crippen LogP contribution in [0.4, 0.5) is 5.69 Å². The molecule has 2 saturated heterocycles. The summed E-state index contributed by atoms with van der Waals surface area (Å²) < 4.78 is 10.0. The minimum Gasteiger partial charge on any atom is -0.465 e. The second-order valence-electron chi connectivity index (χ2n) is 7.05. The number of piperidine rings is 1. The summed E-state index contributed by atoms with van der Waals surface area (Å²) in [6.07, 6.45) is 2.88. The molecule has 1 N–H and O–H groups in total. The number of anilines is 1. The summed E-state index contributed by atoms with van der Waals surface area (Å²) >= 11 is 0. The van der Waals surface area contributed by atoms with Gasteiger partial charge in [-0.2, -0.15) is 0 Å². The minimum absolute atomic E-state index is 0.0604. The van der Waals surface area contributed by atoms with Crippen LogP contribution in [0.3, 0.4) is 0 Å². The van der Waals surface area contributed by atoms with Gasteiger partial charge in [0.25, 0.3) is 0 Å². The molecule has 0 unspecified atom stereocenters. The lowest BCUT2D eigenvalue weighted by molar-refractivity contribution is -0.141. The molecule has 27 heavy (non-hydrogen) atoms. The lowest BCUT2D eigenvalue weighted by atomic mass is 9.93. The normalized spacial score (nSPS) is 18.8. The SMILES string of the molecule is COC(=O)c1cccc(NC(=O)C2CCN(C(=O)C3CCOCC3)CC2)c1. The molecule has 2 amide bonds. The number of rotatable bonds is 4. The number of methoxy groups -OCH3 is 1. The van der Waals surface area contributed by atoms with Gasteiger partial charge < -0.3 is 19.7 Å². The molecule has 3 rings (SSSR count). The Kier molecular flexibility index (Phi) is 6.45. The van der Waals surface area contributed by atoms with Crippen LogP contribution in [0, 0.1) is 11.8 Å². The summed E-state index contributed by atoms with van der Waals surface area (Å²) in [4.78, 5) is 38.6. The van der Waals surface area contributed by atoms with Crippen LogP contribution in [0.1, 0.15) is 36.0 Å². The Hall–Kier alpha value is -2.41. The quantitative estimate of drug-likeness (QED) is 0.816. The third-order valence-electron chi connectivity index (χ3n) is 5.30. The first-order valence-electron chi connectivity index (χ1n) is 9.44. The highest BCUT2D eigenvalue weighted by atomic mass is 16.5. The van der Waals surface area contributed by atoms with Gasteiger partial charge >= 0.3 is 5.97 Å². The van der Waals surface area contributed by atoms with E-state index in [-0.39, 0.29) is 23.7 Å². The van der Waals surface area contributed by atoms with E-state index in [1.165, 1.54) is 7.11 Å². The van der Waals surface area contributed by atoms with Crippen molar-refractivity contribution in [2.45, 2.75) is 25.7 Å². The summed E-state index contributed by atoms with van der Waals surface area (Å²) in [5.74, 6) is -0.389. The van der Waals surface area contributed by atoms with Crippen molar-refractivity contribution in [3.05, 3.63) is 29.8 Å². The molecule has 0 spiro atoms. The molecule has 0 saturated carbocycles. The Labute approximate surface area is 159 Å². The third-order valence-corrected chi connectivity index (χ3v) is 5.30. The average Bonchev–Trinajstić information content (AvgIpc) is 2.73. The van der Waals surface area contributed by atoms with Crippen molar-refractivity contribution in [1.82, 2.24) is 4.90 Å². The van der Waals surface area contributed by atoms with Gasteiger partial charge in [0.1, 0.15) is 0 Å². The first-order valence-corrected chi connectivity index (χ1v) is 9.44. The van der Waals surface area contributed by atoms with E-state index in [4.69, 9.17) is 9.47 Å². The molecular weight excluding hydrogens is 348 g/mol. The summed E-state index contributed by atoms with van der Waals surface area (Å²) in [6, 6.07) is 6.70. The van der Waals surface area contributed by atoms with Gasteiger partial charge in [0, 0.05) is 43.8 Å². The van der Waals surface area contributed by atoms with Crippen LogP contribution in [-0.4, -0.2) is 56.1 Å². The van der Waals surface area contributed by atoms with Gasteiger partial charge in [-0.05, 0) is 43.9 Å². The van der Waals surface area contributed by atoms with Gasteiger partial charge in [-0.1, -0.05) is 6.07 Å². The van der Waals surface area contributed by atoms with Crippen LogP contribution in [0.25, 0.3) is 0 Å². The molecule has 2 heterocycles. The van der Waals surface area contributed by atoms with E-state index < -0.39 is 5.97 Å². The second-order valence-corrected chi connectivity index (χ2v) is 7.05. The number of hydrogen-bond donors (Lipinski definition) is 1. The third kappa shape index (κ3) is 4.86. The van der Waals surface area contributed by atoms with Gasteiger partial charge in [-0.15, -0.1) is 0 Å². The van der Waals surface area contributed by atoms with Crippen LogP contribution < -0.4 is 5.32 Å². The Balaban J connectivity index is 1.51. The van der Waals surface area contributed by atoms with Crippen molar-refractivity contribution in [1.29, 1.82) is 0 Å². The summed E-state index contributed by atoms with van der Waals surface area (Å²) in [5.41, 5.74) is 0.968. The Morgan fingerprint density at radius 3 is 2.44 bits per heavy atom. The van der Waals surface area contributed by atoms with E-state index in [1.54, 1.807) is 24.3 Å². The maximum atomic E-state index is 12.6. The van der Waals surface area contributed by atoms with Crippen molar-refractivity contribution in [3.8, 4) is 0 Å². The number of likely N-dealkylation sites (tertiary alicyclic amines) is 1. The Morgan fingerprint density at radius 1 is 1.07 bits per heavy atom. The fourth-order valence-electron chi connectivity index (χ4n) is 3.65. The number of hydrogen-bond acceptors (Lipinski definition) is 5. The number of ether oxygens (including phenoxy) is 2. The fraction of sp³-hybridized carbons (Fsp3) is 0.550. The summed E-state index contributed by atoms with van der Waals surface area (Å²) in [7, 11) is 1.32. The molecule has 0 radical (unpaired) electrons. The molecule has 0 aromatic heterocycles. The minimum atomic E-state index is -0.439. The van der Waals surface area contributed by atoms with E-state index in [9.17, 15) is 14.4 Å². The zero-order valence-electron chi connectivity index (χ0n) is 15.6. The van der Waals surface area contributed by atoms with Crippen molar-refractivity contribution in [2.75, 3.05) is 38.7 Å². The summed E-state index contributed by atoms with van der Waals surface area (Å²) in [6.45, 7) is 2.52. The predicted molar refractivity (Wildman–Crippen MR) is 99.3 cm³/mol. The van der Waals surface area contributed by atoms with Gasteiger partial charge in [0.05, 0.1) is 12.7 Å². The first-order chi connectivity index (χ1) is 13.1. The molecule has 1 aromatic rings. The standard InChI is InChI=1S/C20H26N2O5/c1-26-20(25)16-3-2-4-17(13-16)21-18(23)14-5-9-22(10-6-14)19(24)15-7-11-27-12-8-15/h2-4,13-15H,5-12H2,1H3,(H,21,23). The maximum Gasteiger partial charge on any atom is 0.337 e. The van der Waals surface area contributed by atoms with Crippen LogP contribution in [0.2, 0.25) is 0 Å². The zero-order chi connectivity index (χ0) is 19.2. The van der Waals surface area contributed by atoms with Gasteiger partial charge in [-0.25, -0.2) is 4.79 Å². The molecule has 1 aromatic carbocycles. The van der Waals surface area contributed by atoms with Crippen molar-refractivity contribution in [2.24, 2.45) is 11.8 Å². The molecular formula is C20H26N2O5. The van der Waals surface area contributed by atoms with Gasteiger partial charge in [0.15, 0.2) is 0 Å². The molecule has 0 atom stereocenters. The van der Waals surface area contributed by atoms with Crippen LogP contribution in [0.15, 0.2) is 24.3 Å². The molecule has 2 fully saturated rings. The average molecular weight is 374 g/mol. The molecule has 7 nitrogen and oxygen atoms in total. The highest BCUT2D eigenvalue weighted by molar-refractivity contribution is 5.95. The van der Waals surface area contributed by atoms with Gasteiger partial charge in [0.2, 0.25) is 11.8 Å². The number of benzene rings is 1. The monoisotopic (exact) mass is 374 g/mol. The lowest BCUT2D eigenvalue weighted by Crippen LogP contribution is -2.45. The second kappa shape index (κ2) is 8.99. The number of nitrogens with zero attached hydrogens (tertiary/aromatic N) is 1. The zero-order valence-corrected chi connectivity index (χ0v) is 15.6. The molecule has 7 heteroatoms. The highest BCUT2D eigenvalue weighted by Crippen LogP contribution is 2.24. The smallest absolute Gasteiger partial charge is 0.337 e.